The molecule has 0 aliphatic heterocycles. The normalized spacial score (nSPS) is 18.2. The second kappa shape index (κ2) is 7.07. The smallest absolute Gasteiger partial charge is 0.0587 e. The highest BCUT2D eigenvalue weighted by atomic mass is 127. The Bertz CT molecular complexity index is 171. The zero-order chi connectivity index (χ0) is 12.1. The molecule has 0 aliphatic carbocycles. The molecule has 2 unspecified atom stereocenters. The van der Waals surface area contributed by atoms with Crippen molar-refractivity contribution in [1.29, 1.82) is 0 Å². The van der Waals surface area contributed by atoms with Crippen molar-refractivity contribution in [2.45, 2.75) is 37.7 Å². The molecule has 0 radical (unpaired) electrons. The molecule has 0 saturated heterocycles. The molecule has 3 heteroatoms. The summed E-state index contributed by atoms with van der Waals surface area (Å²) < 4.78 is 0.618. The van der Waals surface area contributed by atoms with Gasteiger partial charge in [0.05, 0.1) is 4.05 Å². The first-order chi connectivity index (χ1) is 6.80. The number of rotatable bonds is 7. The van der Waals surface area contributed by atoms with Gasteiger partial charge >= 0.3 is 0 Å². The molecule has 2 nitrogen and oxygen atoms in total. The Morgan fingerprint density at radius 1 is 1.27 bits per heavy atom. The van der Waals surface area contributed by atoms with Gasteiger partial charge in [0, 0.05) is 6.54 Å². The zero-order valence-electron chi connectivity index (χ0n) is 11.2. The highest BCUT2D eigenvalue weighted by Gasteiger charge is 2.24. The molecule has 0 spiro atoms. The Labute approximate surface area is 110 Å². The number of nitrogens with zero attached hydrogens (tertiary/aromatic N) is 2. The van der Waals surface area contributed by atoms with E-state index in [9.17, 15) is 0 Å². The van der Waals surface area contributed by atoms with Crippen molar-refractivity contribution in [3.8, 4) is 0 Å². The van der Waals surface area contributed by atoms with Gasteiger partial charge in [0.2, 0.25) is 0 Å². The van der Waals surface area contributed by atoms with Crippen LogP contribution < -0.4 is 0 Å². The molecule has 0 aliphatic rings. The van der Waals surface area contributed by atoms with Crippen LogP contribution >= 0.6 is 22.6 Å². The molecule has 0 fully saturated rings. The fourth-order valence-electron chi connectivity index (χ4n) is 1.59. The van der Waals surface area contributed by atoms with Crippen LogP contribution in [-0.2, 0) is 0 Å². The van der Waals surface area contributed by atoms with Crippen molar-refractivity contribution >= 4 is 22.6 Å². The summed E-state index contributed by atoms with van der Waals surface area (Å²) in [7, 11) is 6.53. The molecule has 0 bridgehead atoms. The van der Waals surface area contributed by atoms with Gasteiger partial charge in [-0.2, -0.15) is 0 Å². The van der Waals surface area contributed by atoms with Crippen LogP contribution in [0.25, 0.3) is 0 Å². The Morgan fingerprint density at radius 3 is 2.13 bits per heavy atom. The number of hydrogen-bond acceptors (Lipinski definition) is 2. The van der Waals surface area contributed by atoms with Crippen molar-refractivity contribution in [1.82, 2.24) is 9.80 Å². The summed E-state index contributed by atoms with van der Waals surface area (Å²) >= 11 is 2.48. The zero-order valence-corrected chi connectivity index (χ0v) is 13.3. The molecule has 0 saturated carbocycles. The number of hydrogen-bond donors (Lipinski definition) is 0. The van der Waals surface area contributed by atoms with Gasteiger partial charge in [-0.3, -0.25) is 4.90 Å². The average Bonchev–Trinajstić information content (AvgIpc) is 2.14. The molecule has 0 rings (SSSR count). The Hall–Kier alpha value is 0.650. The maximum absolute atomic E-state index is 2.48. The van der Waals surface area contributed by atoms with E-state index in [1.54, 1.807) is 0 Å². The molecule has 2 atom stereocenters. The molecular weight excluding hydrogens is 299 g/mol. The fourth-order valence-corrected chi connectivity index (χ4v) is 1.79. The molecule has 0 N–H and O–H groups in total. The van der Waals surface area contributed by atoms with Crippen molar-refractivity contribution < 1.29 is 0 Å². The minimum absolute atomic E-state index is 0.457. The third kappa shape index (κ3) is 6.74. The Balaban J connectivity index is 4.17. The summed E-state index contributed by atoms with van der Waals surface area (Å²) in [4.78, 5) is 4.72. The molecule has 0 aromatic rings. The maximum Gasteiger partial charge on any atom is 0.0587 e. The van der Waals surface area contributed by atoms with Gasteiger partial charge in [0.15, 0.2) is 0 Å². The van der Waals surface area contributed by atoms with E-state index in [1.165, 1.54) is 25.9 Å². The van der Waals surface area contributed by atoms with Crippen LogP contribution in [0.3, 0.4) is 0 Å². The standard InChI is InChI=1S/C12H27IN2/c1-7-12(3,8-9-14(4)5)10-15(6)11(2)13/h11H,7-10H2,1-6H3. The summed E-state index contributed by atoms with van der Waals surface area (Å²) in [5.74, 6) is 0. The first-order valence-electron chi connectivity index (χ1n) is 5.80. The predicted molar refractivity (Wildman–Crippen MR) is 77.7 cm³/mol. The summed E-state index contributed by atoms with van der Waals surface area (Å²) in [6.07, 6.45) is 2.54. The van der Waals surface area contributed by atoms with E-state index in [1.807, 2.05) is 0 Å². The van der Waals surface area contributed by atoms with Crippen molar-refractivity contribution in [3.63, 3.8) is 0 Å². The van der Waals surface area contributed by atoms with Gasteiger partial charge in [-0.1, -0.05) is 36.4 Å². The number of alkyl halides is 1. The van der Waals surface area contributed by atoms with E-state index in [-0.39, 0.29) is 0 Å². The van der Waals surface area contributed by atoms with Crippen LogP contribution in [0.1, 0.15) is 33.6 Å². The lowest BCUT2D eigenvalue weighted by Crippen LogP contribution is -2.37. The molecule has 0 aromatic carbocycles. The van der Waals surface area contributed by atoms with Gasteiger partial charge in [-0.25, -0.2) is 0 Å². The van der Waals surface area contributed by atoms with Crippen molar-refractivity contribution in [2.24, 2.45) is 5.41 Å². The van der Waals surface area contributed by atoms with E-state index in [2.05, 4.69) is 74.3 Å². The minimum Gasteiger partial charge on any atom is -0.309 e. The number of halogens is 1. The molecule has 0 heterocycles. The quantitative estimate of drug-likeness (QED) is 0.403. The third-order valence-electron chi connectivity index (χ3n) is 3.25. The summed E-state index contributed by atoms with van der Waals surface area (Å²) in [5, 5.41) is 0. The first kappa shape index (κ1) is 15.7. The highest BCUT2D eigenvalue weighted by molar-refractivity contribution is 14.1. The topological polar surface area (TPSA) is 6.48 Å². The fraction of sp³-hybridized carbons (Fsp3) is 1.00. The lowest BCUT2D eigenvalue weighted by molar-refractivity contribution is 0.159. The Kier molecular flexibility index (Phi) is 7.38. The largest absolute Gasteiger partial charge is 0.309 e. The van der Waals surface area contributed by atoms with Crippen molar-refractivity contribution in [3.05, 3.63) is 0 Å². The summed E-state index contributed by atoms with van der Waals surface area (Å²) in [6.45, 7) is 9.35. The average molecular weight is 326 g/mol. The lowest BCUT2D eigenvalue weighted by atomic mass is 9.83. The lowest BCUT2D eigenvalue weighted by Gasteiger charge is -2.35. The van der Waals surface area contributed by atoms with Crippen molar-refractivity contribution in [2.75, 3.05) is 34.2 Å². The maximum atomic E-state index is 2.48. The van der Waals surface area contributed by atoms with Crippen LogP contribution in [0.5, 0.6) is 0 Å². The minimum atomic E-state index is 0.457. The summed E-state index contributed by atoms with van der Waals surface area (Å²) in [6, 6.07) is 0. The third-order valence-corrected chi connectivity index (χ3v) is 4.21. The van der Waals surface area contributed by atoms with Crippen LogP contribution in [0.15, 0.2) is 0 Å². The molecule has 0 amide bonds. The van der Waals surface area contributed by atoms with Gasteiger partial charge in [0.1, 0.15) is 0 Å². The molecule has 15 heavy (non-hydrogen) atoms. The van der Waals surface area contributed by atoms with E-state index < -0.39 is 0 Å². The highest BCUT2D eigenvalue weighted by Crippen LogP contribution is 2.28. The predicted octanol–water partition coefficient (Wildman–Crippen LogP) is 3.07. The molecular formula is C12H27IN2. The van der Waals surface area contributed by atoms with E-state index in [0.717, 1.165) is 0 Å². The molecule has 92 valence electrons. The van der Waals surface area contributed by atoms with E-state index in [4.69, 9.17) is 0 Å². The Morgan fingerprint density at radius 2 is 1.80 bits per heavy atom. The van der Waals surface area contributed by atoms with Gasteiger partial charge in [-0.15, -0.1) is 0 Å². The monoisotopic (exact) mass is 326 g/mol. The molecule has 0 aromatic heterocycles. The van der Waals surface area contributed by atoms with Crippen LogP contribution in [0.2, 0.25) is 0 Å². The SMILES string of the molecule is CCC(C)(CCN(C)C)CN(C)C(C)I. The van der Waals surface area contributed by atoms with Crippen LogP contribution in [0.4, 0.5) is 0 Å². The van der Waals surface area contributed by atoms with Gasteiger partial charge in [-0.05, 0) is 52.9 Å². The van der Waals surface area contributed by atoms with Crippen LogP contribution in [-0.4, -0.2) is 48.1 Å². The van der Waals surface area contributed by atoms with E-state index >= 15 is 0 Å². The van der Waals surface area contributed by atoms with E-state index in [0.29, 0.717) is 9.46 Å². The second-order valence-electron chi connectivity index (χ2n) is 5.21. The van der Waals surface area contributed by atoms with Gasteiger partial charge in [0.25, 0.3) is 0 Å². The first-order valence-corrected chi connectivity index (χ1v) is 7.04. The second-order valence-corrected chi connectivity index (χ2v) is 7.01. The van der Waals surface area contributed by atoms with Crippen LogP contribution in [0, 0.1) is 5.41 Å². The van der Waals surface area contributed by atoms with Gasteiger partial charge < -0.3 is 4.90 Å². The summed E-state index contributed by atoms with van der Waals surface area (Å²) in [5.41, 5.74) is 0.457.